The molecular weight excluding hydrogens is 212 g/mol. The van der Waals surface area contributed by atoms with Gasteiger partial charge >= 0.3 is 0 Å². The number of amides is 1. The molecule has 0 heterocycles. The molecule has 0 aromatic heterocycles. The molecule has 0 aliphatic heterocycles. The third-order valence-corrected chi connectivity index (χ3v) is 2.60. The SMILES string of the molecule is CCCCCCCC=CC(=O)NCCN(C)C. The van der Waals surface area contributed by atoms with Gasteiger partial charge in [0.2, 0.25) is 5.91 Å². The highest BCUT2D eigenvalue weighted by Gasteiger charge is 1.94. The normalized spacial score (nSPS) is 11.3. The molecule has 1 N–H and O–H groups in total. The number of rotatable bonds is 10. The number of unbranched alkanes of at least 4 members (excludes halogenated alkanes) is 5. The lowest BCUT2D eigenvalue weighted by Crippen LogP contribution is -2.30. The minimum absolute atomic E-state index is 0.0282. The van der Waals surface area contributed by atoms with E-state index < -0.39 is 0 Å². The van der Waals surface area contributed by atoms with Gasteiger partial charge in [-0.3, -0.25) is 4.79 Å². The van der Waals surface area contributed by atoms with Crippen molar-refractivity contribution in [2.75, 3.05) is 27.2 Å². The molecule has 3 heteroatoms. The Kier molecular flexibility index (Phi) is 11.1. The van der Waals surface area contributed by atoms with E-state index in [1.807, 2.05) is 20.2 Å². The molecule has 0 spiro atoms. The maximum atomic E-state index is 11.3. The van der Waals surface area contributed by atoms with Gasteiger partial charge in [0, 0.05) is 13.1 Å². The van der Waals surface area contributed by atoms with Crippen LogP contribution in [0.15, 0.2) is 12.2 Å². The first kappa shape index (κ1) is 16.2. The molecule has 0 saturated carbocycles. The Hall–Kier alpha value is -0.830. The molecule has 0 rings (SSSR count). The van der Waals surface area contributed by atoms with E-state index in [9.17, 15) is 4.79 Å². The molecule has 0 aromatic carbocycles. The van der Waals surface area contributed by atoms with Crippen LogP contribution >= 0.6 is 0 Å². The van der Waals surface area contributed by atoms with Crippen LogP contribution in [0.3, 0.4) is 0 Å². The van der Waals surface area contributed by atoms with Crippen molar-refractivity contribution in [3.8, 4) is 0 Å². The standard InChI is InChI=1S/C14H28N2O/c1-4-5-6-7-8-9-10-11-14(17)15-12-13-16(2)3/h10-11H,4-9,12-13H2,1-3H3,(H,15,17). The largest absolute Gasteiger partial charge is 0.351 e. The first-order valence-electron chi connectivity index (χ1n) is 6.76. The molecule has 3 nitrogen and oxygen atoms in total. The van der Waals surface area contributed by atoms with Crippen LogP contribution in [-0.2, 0) is 4.79 Å². The van der Waals surface area contributed by atoms with Crippen LogP contribution in [-0.4, -0.2) is 38.0 Å². The number of carbonyl (C=O) groups is 1. The van der Waals surface area contributed by atoms with Crippen molar-refractivity contribution in [3.05, 3.63) is 12.2 Å². The average Bonchev–Trinajstić information content (AvgIpc) is 2.27. The summed E-state index contributed by atoms with van der Waals surface area (Å²) in [5, 5.41) is 2.86. The molecule has 0 aliphatic rings. The molecule has 0 aliphatic carbocycles. The summed E-state index contributed by atoms with van der Waals surface area (Å²) >= 11 is 0. The number of hydrogen-bond acceptors (Lipinski definition) is 2. The first-order chi connectivity index (χ1) is 8.16. The van der Waals surface area contributed by atoms with Gasteiger partial charge in [-0.2, -0.15) is 0 Å². The summed E-state index contributed by atoms with van der Waals surface area (Å²) in [7, 11) is 4.00. The molecule has 0 aromatic rings. The maximum absolute atomic E-state index is 11.3. The summed E-state index contributed by atoms with van der Waals surface area (Å²) < 4.78 is 0. The average molecular weight is 240 g/mol. The van der Waals surface area contributed by atoms with Crippen LogP contribution < -0.4 is 5.32 Å². The van der Waals surface area contributed by atoms with Gasteiger partial charge in [-0.05, 0) is 33.0 Å². The van der Waals surface area contributed by atoms with Crippen molar-refractivity contribution in [3.63, 3.8) is 0 Å². The third-order valence-electron chi connectivity index (χ3n) is 2.60. The van der Waals surface area contributed by atoms with Crippen LogP contribution in [0.2, 0.25) is 0 Å². The zero-order chi connectivity index (χ0) is 12.9. The van der Waals surface area contributed by atoms with Crippen LogP contribution in [0.4, 0.5) is 0 Å². The molecule has 0 atom stereocenters. The molecule has 0 fully saturated rings. The molecular formula is C14H28N2O. The highest BCUT2D eigenvalue weighted by molar-refractivity contribution is 5.87. The Labute approximate surface area is 106 Å². The van der Waals surface area contributed by atoms with Crippen LogP contribution in [0.25, 0.3) is 0 Å². The second kappa shape index (κ2) is 11.6. The van der Waals surface area contributed by atoms with Crippen molar-refractivity contribution < 1.29 is 4.79 Å². The van der Waals surface area contributed by atoms with Gasteiger partial charge in [0.15, 0.2) is 0 Å². The van der Waals surface area contributed by atoms with E-state index in [2.05, 4.69) is 17.1 Å². The van der Waals surface area contributed by atoms with Gasteiger partial charge in [-0.15, -0.1) is 0 Å². The lowest BCUT2D eigenvalue weighted by atomic mass is 10.1. The van der Waals surface area contributed by atoms with Crippen LogP contribution in [0, 0.1) is 0 Å². The Balaban J connectivity index is 3.34. The fourth-order valence-electron chi connectivity index (χ4n) is 1.52. The molecule has 0 radical (unpaired) electrons. The minimum atomic E-state index is 0.0282. The number of carbonyl (C=O) groups excluding carboxylic acids is 1. The number of hydrogen-bond donors (Lipinski definition) is 1. The highest BCUT2D eigenvalue weighted by Crippen LogP contribution is 2.05. The lowest BCUT2D eigenvalue weighted by Gasteiger charge is -2.08. The Morgan fingerprint density at radius 2 is 1.88 bits per heavy atom. The second-order valence-electron chi connectivity index (χ2n) is 4.70. The van der Waals surface area contributed by atoms with Crippen molar-refractivity contribution in [1.29, 1.82) is 0 Å². The number of likely N-dealkylation sites (N-methyl/N-ethyl adjacent to an activating group) is 1. The van der Waals surface area contributed by atoms with Crippen LogP contribution in [0.5, 0.6) is 0 Å². The van der Waals surface area contributed by atoms with E-state index in [0.717, 1.165) is 13.0 Å². The second-order valence-corrected chi connectivity index (χ2v) is 4.70. The molecule has 17 heavy (non-hydrogen) atoms. The number of allylic oxidation sites excluding steroid dienone is 1. The van der Waals surface area contributed by atoms with E-state index in [-0.39, 0.29) is 5.91 Å². The molecule has 100 valence electrons. The van der Waals surface area contributed by atoms with Crippen molar-refractivity contribution in [1.82, 2.24) is 10.2 Å². The maximum Gasteiger partial charge on any atom is 0.243 e. The monoisotopic (exact) mass is 240 g/mol. The quantitative estimate of drug-likeness (QED) is 0.470. The lowest BCUT2D eigenvalue weighted by molar-refractivity contribution is -0.116. The first-order valence-corrected chi connectivity index (χ1v) is 6.76. The van der Waals surface area contributed by atoms with Crippen molar-refractivity contribution in [2.24, 2.45) is 0 Å². The van der Waals surface area contributed by atoms with Gasteiger partial charge < -0.3 is 10.2 Å². The Bertz CT molecular complexity index is 212. The Morgan fingerprint density at radius 1 is 1.18 bits per heavy atom. The Morgan fingerprint density at radius 3 is 2.53 bits per heavy atom. The predicted molar refractivity (Wildman–Crippen MR) is 74.1 cm³/mol. The van der Waals surface area contributed by atoms with E-state index >= 15 is 0 Å². The van der Waals surface area contributed by atoms with E-state index in [1.54, 1.807) is 6.08 Å². The summed E-state index contributed by atoms with van der Waals surface area (Å²) in [5.74, 6) is 0.0282. The summed E-state index contributed by atoms with van der Waals surface area (Å²) in [6.45, 7) is 3.82. The predicted octanol–water partition coefficient (Wildman–Crippen LogP) is 2.58. The number of nitrogens with zero attached hydrogens (tertiary/aromatic N) is 1. The zero-order valence-corrected chi connectivity index (χ0v) is 11.7. The molecule has 0 bridgehead atoms. The van der Waals surface area contributed by atoms with Gasteiger partial charge in [0.25, 0.3) is 0 Å². The van der Waals surface area contributed by atoms with Crippen LogP contribution in [0.1, 0.15) is 45.4 Å². The summed E-state index contributed by atoms with van der Waals surface area (Å²) in [6.07, 6.45) is 11.1. The fraction of sp³-hybridized carbons (Fsp3) is 0.786. The van der Waals surface area contributed by atoms with Gasteiger partial charge in [-0.1, -0.05) is 38.7 Å². The van der Waals surface area contributed by atoms with E-state index in [0.29, 0.717) is 6.54 Å². The van der Waals surface area contributed by atoms with Crippen molar-refractivity contribution in [2.45, 2.75) is 45.4 Å². The molecule has 0 saturated heterocycles. The van der Waals surface area contributed by atoms with E-state index in [4.69, 9.17) is 0 Å². The summed E-state index contributed by atoms with van der Waals surface area (Å²) in [6, 6.07) is 0. The summed E-state index contributed by atoms with van der Waals surface area (Å²) in [4.78, 5) is 13.4. The molecule has 1 amide bonds. The third kappa shape index (κ3) is 13.1. The topological polar surface area (TPSA) is 32.3 Å². The van der Waals surface area contributed by atoms with Crippen molar-refractivity contribution >= 4 is 5.91 Å². The minimum Gasteiger partial charge on any atom is -0.351 e. The fourth-order valence-corrected chi connectivity index (χ4v) is 1.52. The zero-order valence-electron chi connectivity index (χ0n) is 11.7. The van der Waals surface area contributed by atoms with E-state index in [1.165, 1.54) is 32.1 Å². The molecule has 0 unspecified atom stereocenters. The summed E-state index contributed by atoms with van der Waals surface area (Å²) in [5.41, 5.74) is 0. The van der Waals surface area contributed by atoms with Gasteiger partial charge in [0.1, 0.15) is 0 Å². The van der Waals surface area contributed by atoms with Gasteiger partial charge in [0.05, 0.1) is 0 Å². The van der Waals surface area contributed by atoms with Gasteiger partial charge in [-0.25, -0.2) is 0 Å². The number of nitrogens with one attached hydrogen (secondary N) is 1. The highest BCUT2D eigenvalue weighted by atomic mass is 16.1. The smallest absolute Gasteiger partial charge is 0.243 e.